The van der Waals surface area contributed by atoms with Crippen LogP contribution < -0.4 is 11.5 Å². The molecule has 4 nitrogen and oxygen atoms in total. The van der Waals surface area contributed by atoms with Crippen molar-refractivity contribution < 1.29 is 0 Å². The van der Waals surface area contributed by atoms with Crippen LogP contribution in [-0.4, -0.2) is 16.2 Å². The average Bonchev–Trinajstić information content (AvgIpc) is 2.33. The molecule has 0 aromatic carbocycles. The van der Waals surface area contributed by atoms with Gasteiger partial charge in [0.05, 0.1) is 5.69 Å². The molecule has 4 N–H and O–H groups in total. The van der Waals surface area contributed by atoms with Crippen molar-refractivity contribution >= 4 is 15.9 Å². The van der Waals surface area contributed by atoms with Crippen LogP contribution in [0.5, 0.6) is 0 Å². The molecule has 1 aliphatic carbocycles. The van der Waals surface area contributed by atoms with E-state index in [4.69, 9.17) is 11.5 Å². The monoisotopic (exact) mass is 298 g/mol. The van der Waals surface area contributed by atoms with Crippen molar-refractivity contribution in [3.63, 3.8) is 0 Å². The molecule has 2 rings (SSSR count). The summed E-state index contributed by atoms with van der Waals surface area (Å²) < 4.78 is 0.747. The van der Waals surface area contributed by atoms with Gasteiger partial charge in [0, 0.05) is 12.1 Å². The number of hydrogen-bond acceptors (Lipinski definition) is 4. The summed E-state index contributed by atoms with van der Waals surface area (Å²) in [5.41, 5.74) is 12.9. The smallest absolute Gasteiger partial charge is 0.128 e. The standard InChI is InChI=1S/C12H19BrN4/c13-12-6-5-11(16-17-12)10(15)7-8-1-3-9(14)4-2-8/h5-6,8-10H,1-4,7,14-15H2. The van der Waals surface area contributed by atoms with E-state index in [1.54, 1.807) is 0 Å². The summed E-state index contributed by atoms with van der Waals surface area (Å²) in [6.45, 7) is 0. The number of nitrogens with two attached hydrogens (primary N) is 2. The fraction of sp³-hybridized carbons (Fsp3) is 0.667. The van der Waals surface area contributed by atoms with Gasteiger partial charge in [-0.1, -0.05) is 0 Å². The average molecular weight is 299 g/mol. The van der Waals surface area contributed by atoms with E-state index < -0.39 is 0 Å². The molecule has 0 bridgehead atoms. The molecule has 1 saturated carbocycles. The Kier molecular flexibility index (Phi) is 4.48. The van der Waals surface area contributed by atoms with Gasteiger partial charge in [-0.3, -0.25) is 0 Å². The van der Waals surface area contributed by atoms with Crippen LogP contribution in [0.15, 0.2) is 16.7 Å². The second kappa shape index (κ2) is 5.89. The van der Waals surface area contributed by atoms with E-state index >= 15 is 0 Å². The number of hydrogen-bond donors (Lipinski definition) is 2. The highest BCUT2D eigenvalue weighted by atomic mass is 79.9. The number of aromatic nitrogens is 2. The van der Waals surface area contributed by atoms with E-state index in [0.717, 1.165) is 29.6 Å². The van der Waals surface area contributed by atoms with Crippen molar-refractivity contribution in [3.8, 4) is 0 Å². The predicted molar refractivity (Wildman–Crippen MR) is 71.2 cm³/mol. The Morgan fingerprint density at radius 1 is 1.24 bits per heavy atom. The first-order chi connectivity index (χ1) is 8.15. The van der Waals surface area contributed by atoms with Gasteiger partial charge in [-0.05, 0) is 66.1 Å². The predicted octanol–water partition coefficient (Wildman–Crippen LogP) is 2.15. The van der Waals surface area contributed by atoms with E-state index in [0.29, 0.717) is 12.0 Å². The molecule has 17 heavy (non-hydrogen) atoms. The van der Waals surface area contributed by atoms with E-state index in [1.807, 2.05) is 12.1 Å². The summed E-state index contributed by atoms with van der Waals surface area (Å²) in [6.07, 6.45) is 5.63. The SMILES string of the molecule is NC1CCC(CC(N)c2ccc(Br)nn2)CC1. The lowest BCUT2D eigenvalue weighted by molar-refractivity contribution is 0.293. The van der Waals surface area contributed by atoms with Crippen LogP contribution in [0.1, 0.15) is 43.8 Å². The van der Waals surface area contributed by atoms with Crippen LogP contribution in [0.2, 0.25) is 0 Å². The van der Waals surface area contributed by atoms with Crippen molar-refractivity contribution in [1.82, 2.24) is 10.2 Å². The van der Waals surface area contributed by atoms with Crippen LogP contribution in [0.3, 0.4) is 0 Å². The zero-order chi connectivity index (χ0) is 12.3. The van der Waals surface area contributed by atoms with Crippen molar-refractivity contribution in [2.45, 2.75) is 44.2 Å². The van der Waals surface area contributed by atoms with Crippen LogP contribution in [0.25, 0.3) is 0 Å². The summed E-state index contributed by atoms with van der Waals surface area (Å²) in [4.78, 5) is 0. The van der Waals surface area contributed by atoms with E-state index in [2.05, 4.69) is 26.1 Å². The van der Waals surface area contributed by atoms with Gasteiger partial charge in [0.1, 0.15) is 4.60 Å². The fourth-order valence-corrected chi connectivity index (χ4v) is 2.64. The normalized spacial score (nSPS) is 26.8. The van der Waals surface area contributed by atoms with Crippen molar-refractivity contribution in [1.29, 1.82) is 0 Å². The first-order valence-corrected chi connectivity index (χ1v) is 6.94. The van der Waals surface area contributed by atoms with Crippen LogP contribution in [-0.2, 0) is 0 Å². The molecule has 5 heteroatoms. The quantitative estimate of drug-likeness (QED) is 0.896. The van der Waals surface area contributed by atoms with E-state index in [9.17, 15) is 0 Å². The maximum absolute atomic E-state index is 6.16. The van der Waals surface area contributed by atoms with Crippen LogP contribution >= 0.6 is 15.9 Å². The highest BCUT2D eigenvalue weighted by Crippen LogP contribution is 2.29. The lowest BCUT2D eigenvalue weighted by Gasteiger charge is -2.27. The first-order valence-electron chi connectivity index (χ1n) is 6.15. The van der Waals surface area contributed by atoms with Gasteiger partial charge in [-0.15, -0.1) is 5.10 Å². The van der Waals surface area contributed by atoms with E-state index in [1.165, 1.54) is 12.8 Å². The molecule has 1 atom stereocenters. The minimum absolute atomic E-state index is 0.00470. The van der Waals surface area contributed by atoms with E-state index in [-0.39, 0.29) is 6.04 Å². The zero-order valence-electron chi connectivity index (χ0n) is 9.85. The molecule has 0 radical (unpaired) electrons. The topological polar surface area (TPSA) is 77.8 Å². The summed E-state index contributed by atoms with van der Waals surface area (Å²) in [5.74, 6) is 0.690. The Morgan fingerprint density at radius 3 is 2.53 bits per heavy atom. The fourth-order valence-electron chi connectivity index (χ4n) is 2.43. The third-order valence-electron chi connectivity index (χ3n) is 3.51. The second-order valence-corrected chi connectivity index (χ2v) is 5.72. The Bertz CT molecular complexity index is 346. The Morgan fingerprint density at radius 2 is 1.94 bits per heavy atom. The molecular weight excluding hydrogens is 280 g/mol. The number of rotatable bonds is 3. The summed E-state index contributed by atoms with van der Waals surface area (Å²) in [7, 11) is 0. The van der Waals surface area contributed by atoms with Gasteiger partial charge in [0.25, 0.3) is 0 Å². The van der Waals surface area contributed by atoms with Gasteiger partial charge in [-0.25, -0.2) is 0 Å². The van der Waals surface area contributed by atoms with Crippen molar-refractivity contribution in [2.75, 3.05) is 0 Å². The van der Waals surface area contributed by atoms with Gasteiger partial charge in [0.2, 0.25) is 0 Å². The van der Waals surface area contributed by atoms with Gasteiger partial charge < -0.3 is 11.5 Å². The molecule has 0 spiro atoms. The summed E-state index contributed by atoms with van der Waals surface area (Å²) in [6, 6.07) is 4.22. The molecular formula is C12H19BrN4. The second-order valence-electron chi connectivity index (χ2n) is 4.90. The Hall–Kier alpha value is -0.520. The molecule has 1 fully saturated rings. The molecule has 1 unspecified atom stereocenters. The highest BCUT2D eigenvalue weighted by Gasteiger charge is 2.21. The molecule has 1 aromatic rings. The minimum atomic E-state index is -0.00470. The molecule has 0 amide bonds. The third-order valence-corrected chi connectivity index (χ3v) is 3.93. The molecule has 94 valence electrons. The maximum Gasteiger partial charge on any atom is 0.128 e. The third kappa shape index (κ3) is 3.72. The largest absolute Gasteiger partial charge is 0.328 e. The zero-order valence-corrected chi connectivity index (χ0v) is 11.4. The lowest BCUT2D eigenvalue weighted by atomic mass is 9.82. The lowest BCUT2D eigenvalue weighted by Crippen LogP contribution is -2.28. The summed E-state index contributed by atoms with van der Waals surface area (Å²) in [5, 5.41) is 8.08. The highest BCUT2D eigenvalue weighted by molar-refractivity contribution is 9.10. The van der Waals surface area contributed by atoms with Gasteiger partial charge >= 0.3 is 0 Å². The van der Waals surface area contributed by atoms with Crippen LogP contribution in [0.4, 0.5) is 0 Å². The minimum Gasteiger partial charge on any atom is -0.328 e. The van der Waals surface area contributed by atoms with Crippen molar-refractivity contribution in [3.05, 3.63) is 22.4 Å². The first kappa shape index (κ1) is 12.9. The molecule has 0 aliphatic heterocycles. The van der Waals surface area contributed by atoms with Crippen LogP contribution in [0, 0.1) is 5.92 Å². The number of nitrogens with zero attached hydrogens (tertiary/aromatic N) is 2. The molecule has 0 saturated heterocycles. The molecule has 1 aliphatic rings. The summed E-state index contributed by atoms with van der Waals surface area (Å²) >= 11 is 3.27. The Labute approximate surface area is 110 Å². The number of halogens is 1. The molecule has 1 heterocycles. The molecule has 1 aromatic heterocycles. The van der Waals surface area contributed by atoms with Gasteiger partial charge in [-0.2, -0.15) is 5.10 Å². The maximum atomic E-state index is 6.16. The van der Waals surface area contributed by atoms with Gasteiger partial charge in [0.15, 0.2) is 0 Å². The Balaban J connectivity index is 1.88. The van der Waals surface area contributed by atoms with Crippen molar-refractivity contribution in [2.24, 2.45) is 17.4 Å².